The van der Waals surface area contributed by atoms with E-state index in [9.17, 15) is 9.59 Å². The van der Waals surface area contributed by atoms with Gasteiger partial charge in [-0.3, -0.25) is 18.6 Å². The van der Waals surface area contributed by atoms with Crippen LogP contribution in [0.1, 0.15) is 5.56 Å². The third kappa shape index (κ3) is 3.96. The van der Waals surface area contributed by atoms with E-state index in [0.29, 0.717) is 39.9 Å². The molecule has 7 nitrogen and oxygen atoms in total. The van der Waals surface area contributed by atoms with Crippen molar-refractivity contribution in [3.8, 4) is 0 Å². The van der Waals surface area contributed by atoms with Gasteiger partial charge in [0.15, 0.2) is 5.16 Å². The Labute approximate surface area is 181 Å². The van der Waals surface area contributed by atoms with Crippen molar-refractivity contribution < 1.29 is 4.79 Å². The molecule has 30 heavy (non-hydrogen) atoms. The first kappa shape index (κ1) is 20.2. The quantitative estimate of drug-likeness (QED) is 0.353. The van der Waals surface area contributed by atoms with Gasteiger partial charge in [0.25, 0.3) is 5.56 Å². The summed E-state index contributed by atoms with van der Waals surface area (Å²) in [6, 6.07) is 14.6. The van der Waals surface area contributed by atoms with Crippen LogP contribution in [0.2, 0.25) is 5.02 Å². The van der Waals surface area contributed by atoms with E-state index in [-0.39, 0.29) is 17.2 Å². The Morgan fingerprint density at radius 2 is 2.03 bits per heavy atom. The molecular weight excluding hydrogens is 422 g/mol. The first-order valence-corrected chi connectivity index (χ1v) is 10.6. The van der Waals surface area contributed by atoms with Gasteiger partial charge in [0.2, 0.25) is 11.7 Å². The number of nitrogens with one attached hydrogen (secondary N) is 1. The molecule has 2 aromatic heterocycles. The van der Waals surface area contributed by atoms with E-state index in [0.717, 1.165) is 5.56 Å². The molecular formula is C21H18ClN5O2S. The van der Waals surface area contributed by atoms with Gasteiger partial charge in [-0.05, 0) is 29.8 Å². The zero-order chi connectivity index (χ0) is 21.1. The molecule has 0 spiro atoms. The summed E-state index contributed by atoms with van der Waals surface area (Å²) in [5, 5.41) is 13.0. The summed E-state index contributed by atoms with van der Waals surface area (Å²) < 4.78 is 3.32. The Morgan fingerprint density at radius 3 is 2.83 bits per heavy atom. The number of nitrogens with zero attached hydrogens (tertiary/aromatic N) is 4. The highest BCUT2D eigenvalue weighted by Gasteiger charge is 2.17. The second-order valence-electron chi connectivity index (χ2n) is 6.53. The Bertz CT molecular complexity index is 1310. The molecule has 4 aromatic rings. The second-order valence-corrected chi connectivity index (χ2v) is 7.91. The van der Waals surface area contributed by atoms with Crippen molar-refractivity contribution in [1.82, 2.24) is 24.5 Å². The predicted molar refractivity (Wildman–Crippen MR) is 119 cm³/mol. The molecule has 0 radical (unpaired) electrons. The fourth-order valence-electron chi connectivity index (χ4n) is 3.15. The first-order valence-electron chi connectivity index (χ1n) is 9.20. The van der Waals surface area contributed by atoms with Crippen LogP contribution >= 0.6 is 23.4 Å². The Hall–Kier alpha value is -3.10. The van der Waals surface area contributed by atoms with Gasteiger partial charge in [0, 0.05) is 18.1 Å². The molecule has 0 aliphatic heterocycles. The van der Waals surface area contributed by atoms with Crippen LogP contribution in [0.3, 0.4) is 0 Å². The summed E-state index contributed by atoms with van der Waals surface area (Å²) >= 11 is 7.23. The molecule has 0 bridgehead atoms. The van der Waals surface area contributed by atoms with Crippen molar-refractivity contribution in [2.75, 3.05) is 5.75 Å². The van der Waals surface area contributed by atoms with Crippen LogP contribution in [0.15, 0.2) is 71.1 Å². The normalized spacial score (nSPS) is 11.1. The lowest BCUT2D eigenvalue weighted by Gasteiger charge is -2.09. The van der Waals surface area contributed by atoms with Crippen LogP contribution in [0, 0.1) is 0 Å². The highest BCUT2D eigenvalue weighted by Crippen LogP contribution is 2.21. The van der Waals surface area contributed by atoms with Gasteiger partial charge < -0.3 is 5.32 Å². The average molecular weight is 440 g/mol. The highest BCUT2D eigenvalue weighted by molar-refractivity contribution is 7.99. The largest absolute Gasteiger partial charge is 0.351 e. The number of rotatable bonds is 7. The van der Waals surface area contributed by atoms with Gasteiger partial charge in [-0.25, -0.2) is 0 Å². The van der Waals surface area contributed by atoms with E-state index in [2.05, 4.69) is 22.1 Å². The van der Waals surface area contributed by atoms with Crippen molar-refractivity contribution in [2.45, 2.75) is 18.2 Å². The number of carbonyl (C=O) groups is 1. The minimum atomic E-state index is -0.152. The molecule has 9 heteroatoms. The van der Waals surface area contributed by atoms with Crippen molar-refractivity contribution in [3.05, 3.63) is 82.1 Å². The Kier molecular flexibility index (Phi) is 5.87. The van der Waals surface area contributed by atoms with E-state index >= 15 is 0 Å². The van der Waals surface area contributed by atoms with Crippen LogP contribution < -0.4 is 10.9 Å². The standard InChI is InChI=1S/C21H18ClN5O2S/c1-2-10-26-19(29)16-8-3-4-9-17(16)27-20(26)24-25-21(27)30-13-18(28)23-12-14-6-5-7-15(22)11-14/h2-9,11H,1,10,12-13H2,(H,23,28). The van der Waals surface area contributed by atoms with E-state index in [1.165, 1.54) is 16.3 Å². The number of fused-ring (bicyclic) bond motifs is 3. The lowest BCUT2D eigenvalue weighted by molar-refractivity contribution is -0.118. The number of allylic oxidation sites excluding steroid dienone is 1. The summed E-state index contributed by atoms with van der Waals surface area (Å²) in [6.45, 7) is 4.42. The van der Waals surface area contributed by atoms with Crippen LogP contribution in [0.25, 0.3) is 16.7 Å². The molecule has 0 saturated carbocycles. The summed E-state index contributed by atoms with van der Waals surface area (Å²) in [4.78, 5) is 25.1. The Morgan fingerprint density at radius 1 is 1.20 bits per heavy atom. The van der Waals surface area contributed by atoms with E-state index in [1.54, 1.807) is 22.6 Å². The maximum atomic E-state index is 12.8. The zero-order valence-electron chi connectivity index (χ0n) is 15.9. The minimum Gasteiger partial charge on any atom is -0.351 e. The Balaban J connectivity index is 1.58. The molecule has 2 heterocycles. The smallest absolute Gasteiger partial charge is 0.263 e. The van der Waals surface area contributed by atoms with Gasteiger partial charge in [-0.1, -0.05) is 53.7 Å². The molecule has 2 aromatic carbocycles. The van der Waals surface area contributed by atoms with E-state index in [4.69, 9.17) is 11.6 Å². The number of halogens is 1. The third-order valence-electron chi connectivity index (χ3n) is 4.50. The van der Waals surface area contributed by atoms with Crippen molar-refractivity contribution in [1.29, 1.82) is 0 Å². The van der Waals surface area contributed by atoms with Gasteiger partial charge >= 0.3 is 0 Å². The topological polar surface area (TPSA) is 81.3 Å². The van der Waals surface area contributed by atoms with Crippen LogP contribution in [0.4, 0.5) is 0 Å². The summed E-state index contributed by atoms with van der Waals surface area (Å²) in [5.74, 6) is 0.442. The molecule has 0 saturated heterocycles. The van der Waals surface area contributed by atoms with E-state index in [1.807, 2.05) is 36.4 Å². The van der Waals surface area contributed by atoms with Crippen LogP contribution in [0.5, 0.6) is 0 Å². The summed E-state index contributed by atoms with van der Waals surface area (Å²) in [5.41, 5.74) is 1.47. The number of carbonyl (C=O) groups excluding carboxylic acids is 1. The molecule has 4 rings (SSSR count). The van der Waals surface area contributed by atoms with Crippen molar-refractivity contribution in [2.24, 2.45) is 0 Å². The number of aromatic nitrogens is 4. The number of amides is 1. The van der Waals surface area contributed by atoms with Gasteiger partial charge in [-0.2, -0.15) is 0 Å². The lowest BCUT2D eigenvalue weighted by Crippen LogP contribution is -2.25. The first-order chi connectivity index (χ1) is 14.6. The highest BCUT2D eigenvalue weighted by atomic mass is 35.5. The molecule has 0 aliphatic rings. The van der Waals surface area contributed by atoms with Gasteiger partial charge in [0.1, 0.15) is 0 Å². The molecule has 0 fully saturated rings. The van der Waals surface area contributed by atoms with Crippen molar-refractivity contribution in [3.63, 3.8) is 0 Å². The minimum absolute atomic E-state index is 0.138. The third-order valence-corrected chi connectivity index (χ3v) is 5.67. The number of hydrogen-bond acceptors (Lipinski definition) is 5. The SMILES string of the molecule is C=CCn1c(=O)c2ccccc2n2c(SCC(=O)NCc3cccc(Cl)c3)nnc12. The summed E-state index contributed by atoms with van der Waals surface area (Å²) in [7, 11) is 0. The number of benzene rings is 2. The zero-order valence-corrected chi connectivity index (χ0v) is 17.5. The molecule has 1 N–H and O–H groups in total. The number of thioether (sulfide) groups is 1. The average Bonchev–Trinajstić information content (AvgIpc) is 3.18. The van der Waals surface area contributed by atoms with Gasteiger partial charge in [0.05, 0.1) is 16.7 Å². The molecule has 0 atom stereocenters. The molecule has 0 unspecified atom stereocenters. The molecule has 1 amide bonds. The van der Waals surface area contributed by atoms with Crippen molar-refractivity contribution >= 4 is 46.0 Å². The van der Waals surface area contributed by atoms with Crippen LogP contribution in [-0.4, -0.2) is 30.8 Å². The van der Waals surface area contributed by atoms with Gasteiger partial charge in [-0.15, -0.1) is 16.8 Å². The lowest BCUT2D eigenvalue weighted by atomic mass is 10.2. The maximum Gasteiger partial charge on any atom is 0.263 e. The summed E-state index contributed by atoms with van der Waals surface area (Å²) in [6.07, 6.45) is 1.64. The second kappa shape index (κ2) is 8.73. The monoisotopic (exact) mass is 439 g/mol. The molecule has 152 valence electrons. The fourth-order valence-corrected chi connectivity index (χ4v) is 4.13. The number of hydrogen-bond donors (Lipinski definition) is 1. The number of para-hydroxylation sites is 1. The maximum absolute atomic E-state index is 12.8. The predicted octanol–water partition coefficient (Wildman–Crippen LogP) is 3.29. The van der Waals surface area contributed by atoms with Crippen LogP contribution in [-0.2, 0) is 17.9 Å². The fraction of sp³-hybridized carbons (Fsp3) is 0.143. The molecule has 0 aliphatic carbocycles. The van der Waals surface area contributed by atoms with E-state index < -0.39 is 0 Å².